The predicted octanol–water partition coefficient (Wildman–Crippen LogP) is 2.35. The number of fused-ring (bicyclic) bond motifs is 1. The van der Waals surface area contributed by atoms with Gasteiger partial charge in [-0.15, -0.1) is 0 Å². The second kappa shape index (κ2) is 6.65. The molecule has 5 atom stereocenters. The van der Waals surface area contributed by atoms with Crippen LogP contribution in [0, 0.1) is 17.8 Å². The van der Waals surface area contributed by atoms with E-state index >= 15 is 0 Å². The molecule has 0 spiro atoms. The molecule has 0 aromatic heterocycles. The summed E-state index contributed by atoms with van der Waals surface area (Å²) in [6, 6.07) is 15.1. The number of rotatable bonds is 4. The van der Waals surface area contributed by atoms with Crippen LogP contribution in [-0.4, -0.2) is 49.5 Å². The molecule has 1 amide bonds. The van der Waals surface area contributed by atoms with Gasteiger partial charge in [-0.3, -0.25) is 4.79 Å². The summed E-state index contributed by atoms with van der Waals surface area (Å²) in [5, 5.41) is 10.5. The number of carbonyl (C=O) groups is 1. The number of hydrogen-bond acceptors (Lipinski definition) is 4. The minimum absolute atomic E-state index is 0.174. The number of hydrogen-bond donors (Lipinski definition) is 1. The Morgan fingerprint density at radius 2 is 1.72 bits per heavy atom. The quantitative estimate of drug-likeness (QED) is 0.836. The molecule has 1 heterocycles. The lowest BCUT2D eigenvalue weighted by atomic mass is 9.88. The highest BCUT2D eigenvalue weighted by Gasteiger charge is 2.61. The minimum atomic E-state index is -3.70. The van der Waals surface area contributed by atoms with Gasteiger partial charge in [0.05, 0.1) is 17.0 Å². The minimum Gasteiger partial charge on any atom is -0.391 e. The zero-order valence-corrected chi connectivity index (χ0v) is 17.0. The van der Waals surface area contributed by atoms with E-state index in [-0.39, 0.29) is 28.7 Å². The number of benzene rings is 2. The molecule has 1 aliphatic heterocycles. The predicted molar refractivity (Wildman–Crippen MR) is 109 cm³/mol. The molecule has 7 heteroatoms. The smallest absolute Gasteiger partial charge is 0.258 e. The number of amides is 1. The first-order valence-electron chi connectivity index (χ1n) is 10.0. The standard InChI is InChI=1S/C22H24N2O4S/c1-23(17-5-3-2-4-6-17)22(26)14-7-9-18(10-8-14)29(27,28)24-13-16-11-15-12-19(16)20(24)21(15)25/h2-10,15-16,19-21,25H,11-13H2,1H3/t15-,16-,19+,20-,21-/m0/s1. The van der Waals surface area contributed by atoms with Crippen LogP contribution in [0.4, 0.5) is 5.69 Å². The molecule has 1 N–H and O–H groups in total. The third kappa shape index (κ3) is 2.83. The number of anilines is 1. The monoisotopic (exact) mass is 412 g/mol. The van der Waals surface area contributed by atoms with E-state index in [4.69, 9.17) is 0 Å². The van der Waals surface area contributed by atoms with Crippen molar-refractivity contribution >= 4 is 21.6 Å². The van der Waals surface area contributed by atoms with Crippen molar-refractivity contribution in [1.29, 1.82) is 0 Å². The number of nitrogens with zero attached hydrogens (tertiary/aromatic N) is 2. The van der Waals surface area contributed by atoms with Crippen molar-refractivity contribution in [3.8, 4) is 0 Å². The maximum absolute atomic E-state index is 13.2. The topological polar surface area (TPSA) is 77.9 Å². The summed E-state index contributed by atoms with van der Waals surface area (Å²) in [5.41, 5.74) is 1.20. The van der Waals surface area contributed by atoms with Gasteiger partial charge in [0.15, 0.2) is 0 Å². The Balaban J connectivity index is 1.38. The molecule has 3 fully saturated rings. The molecule has 2 aliphatic carbocycles. The summed E-state index contributed by atoms with van der Waals surface area (Å²) in [5.74, 6) is 0.686. The fourth-order valence-corrected chi connectivity index (χ4v) is 7.24. The van der Waals surface area contributed by atoms with E-state index in [9.17, 15) is 18.3 Å². The van der Waals surface area contributed by atoms with E-state index < -0.39 is 16.1 Å². The van der Waals surface area contributed by atoms with E-state index in [2.05, 4.69) is 0 Å². The first-order valence-corrected chi connectivity index (χ1v) is 11.4. The number of carbonyl (C=O) groups excluding carboxylic acids is 1. The highest BCUT2D eigenvalue weighted by Crippen LogP contribution is 2.56. The van der Waals surface area contributed by atoms with Gasteiger partial charge in [-0.2, -0.15) is 4.31 Å². The van der Waals surface area contributed by atoms with Gasteiger partial charge in [-0.25, -0.2) is 8.42 Å². The van der Waals surface area contributed by atoms with E-state index in [1.165, 1.54) is 21.3 Å². The summed E-state index contributed by atoms with van der Waals surface area (Å²) < 4.78 is 28.0. The van der Waals surface area contributed by atoms with Gasteiger partial charge in [-0.1, -0.05) is 18.2 Å². The number of aliphatic hydroxyl groups is 1. The molecule has 6 nitrogen and oxygen atoms in total. The van der Waals surface area contributed by atoms with Crippen molar-refractivity contribution in [2.75, 3.05) is 18.5 Å². The molecule has 29 heavy (non-hydrogen) atoms. The van der Waals surface area contributed by atoms with Crippen LogP contribution < -0.4 is 4.90 Å². The largest absolute Gasteiger partial charge is 0.391 e. The van der Waals surface area contributed by atoms with Gasteiger partial charge in [0.25, 0.3) is 5.91 Å². The number of sulfonamides is 1. The average Bonchev–Trinajstić information content (AvgIpc) is 3.37. The maximum Gasteiger partial charge on any atom is 0.258 e. The van der Waals surface area contributed by atoms with Gasteiger partial charge in [0.1, 0.15) is 0 Å². The van der Waals surface area contributed by atoms with Crippen LogP contribution >= 0.6 is 0 Å². The highest BCUT2D eigenvalue weighted by atomic mass is 32.2. The Morgan fingerprint density at radius 3 is 2.38 bits per heavy atom. The molecule has 1 saturated heterocycles. The lowest BCUT2D eigenvalue weighted by Gasteiger charge is -2.28. The van der Waals surface area contributed by atoms with Crippen LogP contribution in [0.3, 0.4) is 0 Å². The fourth-order valence-electron chi connectivity index (χ4n) is 5.50. The summed E-state index contributed by atoms with van der Waals surface area (Å²) in [7, 11) is -2.00. The van der Waals surface area contributed by atoms with Crippen molar-refractivity contribution < 1.29 is 18.3 Å². The highest BCUT2D eigenvalue weighted by molar-refractivity contribution is 7.89. The van der Waals surface area contributed by atoms with Crippen molar-refractivity contribution in [3.63, 3.8) is 0 Å². The third-order valence-electron chi connectivity index (χ3n) is 6.96. The molecule has 5 rings (SSSR count). The summed E-state index contributed by atoms with van der Waals surface area (Å²) in [6.07, 6.45) is 1.30. The molecule has 2 aromatic carbocycles. The zero-order valence-electron chi connectivity index (χ0n) is 16.2. The van der Waals surface area contributed by atoms with Gasteiger partial charge in [0.2, 0.25) is 10.0 Å². The van der Waals surface area contributed by atoms with E-state index in [0.29, 0.717) is 18.0 Å². The zero-order chi connectivity index (χ0) is 20.3. The molecule has 3 aliphatic rings. The molecule has 0 radical (unpaired) electrons. The Morgan fingerprint density at radius 1 is 1.03 bits per heavy atom. The van der Waals surface area contributed by atoms with Gasteiger partial charge >= 0.3 is 0 Å². The first-order chi connectivity index (χ1) is 13.9. The molecule has 2 saturated carbocycles. The number of aliphatic hydroxyl groups excluding tert-OH is 1. The molecule has 152 valence electrons. The summed E-state index contributed by atoms with van der Waals surface area (Å²) >= 11 is 0. The summed E-state index contributed by atoms with van der Waals surface area (Å²) in [4.78, 5) is 14.4. The molecule has 2 aromatic rings. The van der Waals surface area contributed by atoms with Crippen LogP contribution in [0.1, 0.15) is 23.2 Å². The van der Waals surface area contributed by atoms with E-state index in [0.717, 1.165) is 18.5 Å². The SMILES string of the molecule is CN(C(=O)c1ccc(S(=O)(=O)N2C[C@@H]3C[C@H]4C[C@H]3[C@H]2[C@H]4O)cc1)c1ccccc1. The van der Waals surface area contributed by atoms with Crippen molar-refractivity contribution in [2.24, 2.45) is 17.8 Å². The van der Waals surface area contributed by atoms with Gasteiger partial charge < -0.3 is 10.0 Å². The van der Waals surface area contributed by atoms with Crippen LogP contribution in [0.15, 0.2) is 59.5 Å². The lowest BCUT2D eigenvalue weighted by Crippen LogP contribution is -2.43. The normalized spacial score (nSPS) is 30.6. The second-order valence-electron chi connectivity index (χ2n) is 8.44. The molecular weight excluding hydrogens is 388 g/mol. The van der Waals surface area contributed by atoms with E-state index in [1.807, 2.05) is 30.3 Å². The Hall–Kier alpha value is -2.22. The van der Waals surface area contributed by atoms with Crippen molar-refractivity contribution in [2.45, 2.75) is 29.9 Å². The van der Waals surface area contributed by atoms with E-state index in [1.54, 1.807) is 19.2 Å². The Bertz CT molecular complexity index is 1040. The average molecular weight is 413 g/mol. The second-order valence-corrected chi connectivity index (χ2v) is 10.3. The van der Waals surface area contributed by atoms with Crippen LogP contribution in [0.2, 0.25) is 0 Å². The van der Waals surface area contributed by atoms with Crippen molar-refractivity contribution in [3.05, 3.63) is 60.2 Å². The Kier molecular flexibility index (Phi) is 4.31. The Labute approximate surface area is 170 Å². The van der Waals surface area contributed by atoms with Crippen LogP contribution in [0.5, 0.6) is 0 Å². The molecular formula is C22H24N2O4S. The third-order valence-corrected chi connectivity index (χ3v) is 8.84. The summed E-state index contributed by atoms with van der Waals surface area (Å²) in [6.45, 7) is 0.489. The number of para-hydroxylation sites is 1. The van der Waals surface area contributed by atoms with Gasteiger partial charge in [-0.05, 0) is 67.0 Å². The fraction of sp³-hybridized carbons (Fsp3) is 0.409. The van der Waals surface area contributed by atoms with Gasteiger partial charge in [0, 0.05) is 24.8 Å². The lowest BCUT2D eigenvalue weighted by molar-refractivity contribution is 0.0731. The van der Waals surface area contributed by atoms with Crippen molar-refractivity contribution in [1.82, 2.24) is 4.31 Å². The van der Waals surface area contributed by atoms with Crippen LogP contribution in [0.25, 0.3) is 0 Å². The van der Waals surface area contributed by atoms with Crippen LogP contribution in [-0.2, 0) is 10.0 Å². The molecule has 0 unspecified atom stereocenters. The first kappa shape index (κ1) is 18.8. The maximum atomic E-state index is 13.2. The molecule has 2 bridgehead atoms.